The third-order valence-electron chi connectivity index (χ3n) is 4.94. The van der Waals surface area contributed by atoms with Gasteiger partial charge in [0.1, 0.15) is 18.0 Å². The molecule has 0 radical (unpaired) electrons. The van der Waals surface area contributed by atoms with Crippen LogP contribution in [0.5, 0.6) is 0 Å². The zero-order chi connectivity index (χ0) is 18.6. The van der Waals surface area contributed by atoms with Gasteiger partial charge in [0, 0.05) is 56.2 Å². The van der Waals surface area contributed by atoms with Crippen LogP contribution in [-0.4, -0.2) is 62.7 Å². The average Bonchev–Trinajstić information content (AvgIpc) is 3.16. The predicted octanol–water partition coefficient (Wildman–Crippen LogP) is 1.84. The van der Waals surface area contributed by atoms with Crippen LogP contribution in [-0.2, 0) is 13.0 Å². The van der Waals surface area contributed by atoms with Crippen LogP contribution < -0.4 is 10.2 Å². The monoisotopic (exact) mass is 366 g/mol. The van der Waals surface area contributed by atoms with Gasteiger partial charge in [0.25, 0.3) is 5.78 Å². The quantitative estimate of drug-likeness (QED) is 0.713. The van der Waals surface area contributed by atoms with Crippen molar-refractivity contribution in [2.24, 2.45) is 0 Å². The molecule has 0 amide bonds. The van der Waals surface area contributed by atoms with E-state index in [0.29, 0.717) is 12.3 Å². The molecule has 0 aliphatic carbocycles. The molecular weight excluding hydrogens is 340 g/mol. The Hall–Kier alpha value is -2.74. The van der Waals surface area contributed by atoms with Crippen molar-refractivity contribution in [3.63, 3.8) is 0 Å². The molecule has 4 heterocycles. The highest BCUT2D eigenvalue weighted by Gasteiger charge is 2.18. The zero-order valence-corrected chi connectivity index (χ0v) is 16.0. The minimum absolute atomic E-state index is 0.633. The van der Waals surface area contributed by atoms with Crippen molar-refractivity contribution in [2.75, 3.05) is 43.4 Å². The van der Waals surface area contributed by atoms with Gasteiger partial charge in [-0.25, -0.2) is 9.97 Å². The maximum atomic E-state index is 4.66. The second kappa shape index (κ2) is 7.87. The molecule has 1 saturated heterocycles. The van der Waals surface area contributed by atoms with Gasteiger partial charge in [-0.05, 0) is 19.5 Å². The van der Waals surface area contributed by atoms with Crippen molar-refractivity contribution in [3.8, 4) is 0 Å². The van der Waals surface area contributed by atoms with E-state index in [-0.39, 0.29) is 0 Å². The number of hydrogen-bond donors (Lipinski definition) is 1. The van der Waals surface area contributed by atoms with Gasteiger partial charge >= 0.3 is 0 Å². The van der Waals surface area contributed by atoms with Crippen LogP contribution in [0.4, 0.5) is 11.6 Å². The summed E-state index contributed by atoms with van der Waals surface area (Å²) in [5.41, 5.74) is 2.22. The Bertz CT molecular complexity index is 898. The van der Waals surface area contributed by atoms with E-state index in [0.717, 1.165) is 56.4 Å². The molecule has 1 N–H and O–H groups in total. The lowest BCUT2D eigenvalue weighted by atomic mass is 10.2. The Morgan fingerprint density at radius 2 is 2.00 bits per heavy atom. The summed E-state index contributed by atoms with van der Waals surface area (Å²) in [4.78, 5) is 18.2. The summed E-state index contributed by atoms with van der Waals surface area (Å²) >= 11 is 0. The lowest BCUT2D eigenvalue weighted by molar-refractivity contribution is 0.312. The molecule has 3 aromatic heterocycles. The maximum Gasteiger partial charge on any atom is 0.254 e. The lowest BCUT2D eigenvalue weighted by Crippen LogP contribution is -2.45. The molecule has 0 spiro atoms. The number of fused-ring (bicyclic) bond motifs is 1. The molecule has 8 nitrogen and oxygen atoms in total. The zero-order valence-electron chi connectivity index (χ0n) is 16.0. The number of likely N-dealkylation sites (N-methyl/N-ethyl adjacent to an activating group) is 1. The Morgan fingerprint density at radius 3 is 2.81 bits per heavy atom. The molecule has 0 saturated carbocycles. The Labute approximate surface area is 159 Å². The van der Waals surface area contributed by atoms with E-state index in [2.05, 4.69) is 61.3 Å². The van der Waals surface area contributed by atoms with E-state index in [1.807, 2.05) is 12.3 Å². The second-order valence-corrected chi connectivity index (χ2v) is 6.98. The number of anilines is 2. The van der Waals surface area contributed by atoms with Gasteiger partial charge in [-0.15, -0.1) is 0 Å². The van der Waals surface area contributed by atoms with Crippen molar-refractivity contribution in [1.29, 1.82) is 0 Å². The first-order valence-corrected chi connectivity index (χ1v) is 9.55. The van der Waals surface area contributed by atoms with Crippen LogP contribution in [0, 0.1) is 0 Å². The fourth-order valence-electron chi connectivity index (χ4n) is 3.43. The highest BCUT2D eigenvalue weighted by Crippen LogP contribution is 2.21. The van der Waals surface area contributed by atoms with Crippen LogP contribution in [0.3, 0.4) is 0 Å². The largest absolute Gasteiger partial charge is 0.366 e. The van der Waals surface area contributed by atoms with Gasteiger partial charge in [0.15, 0.2) is 0 Å². The van der Waals surface area contributed by atoms with E-state index in [1.54, 1.807) is 10.8 Å². The predicted molar refractivity (Wildman–Crippen MR) is 106 cm³/mol. The van der Waals surface area contributed by atoms with Crippen LogP contribution in [0.15, 0.2) is 30.7 Å². The van der Waals surface area contributed by atoms with E-state index in [9.17, 15) is 0 Å². The molecule has 4 rings (SSSR count). The summed E-state index contributed by atoms with van der Waals surface area (Å²) < 4.78 is 1.76. The van der Waals surface area contributed by atoms with Crippen molar-refractivity contribution in [1.82, 2.24) is 29.5 Å². The molecule has 0 atom stereocenters. The van der Waals surface area contributed by atoms with Gasteiger partial charge in [0.05, 0.1) is 0 Å². The summed E-state index contributed by atoms with van der Waals surface area (Å²) in [6.45, 7) is 6.97. The molecule has 1 aliphatic rings. The van der Waals surface area contributed by atoms with Crippen LogP contribution in [0.2, 0.25) is 0 Å². The van der Waals surface area contributed by atoms with Crippen molar-refractivity contribution >= 4 is 17.4 Å². The molecule has 8 heteroatoms. The van der Waals surface area contributed by atoms with Gasteiger partial charge in [0.2, 0.25) is 0 Å². The average molecular weight is 366 g/mol. The number of nitrogens with zero attached hydrogens (tertiary/aromatic N) is 7. The number of pyridine rings is 1. The van der Waals surface area contributed by atoms with Gasteiger partial charge in [-0.1, -0.05) is 19.4 Å². The molecular formula is C19H26N8. The SMILES string of the molecule is CCCc1cc(NCc2cccnc2N2CCN(C)CC2)n2ncnc2n1. The summed E-state index contributed by atoms with van der Waals surface area (Å²) in [6, 6.07) is 6.20. The van der Waals surface area contributed by atoms with Crippen LogP contribution in [0.25, 0.3) is 5.78 Å². The number of aryl methyl sites for hydroxylation is 1. The number of rotatable bonds is 6. The van der Waals surface area contributed by atoms with Crippen molar-refractivity contribution in [3.05, 3.63) is 42.0 Å². The third-order valence-corrected chi connectivity index (χ3v) is 4.94. The first-order valence-electron chi connectivity index (χ1n) is 9.55. The normalized spacial score (nSPS) is 15.4. The minimum Gasteiger partial charge on any atom is -0.366 e. The Morgan fingerprint density at radius 1 is 1.15 bits per heavy atom. The van der Waals surface area contributed by atoms with E-state index in [1.165, 1.54) is 5.56 Å². The summed E-state index contributed by atoms with van der Waals surface area (Å²) in [6.07, 6.45) is 5.39. The molecule has 1 aliphatic heterocycles. The third kappa shape index (κ3) is 3.85. The highest BCUT2D eigenvalue weighted by molar-refractivity contribution is 5.51. The summed E-state index contributed by atoms with van der Waals surface area (Å²) in [5.74, 6) is 2.61. The fraction of sp³-hybridized carbons (Fsp3) is 0.474. The van der Waals surface area contributed by atoms with E-state index in [4.69, 9.17) is 0 Å². The molecule has 3 aromatic rings. The second-order valence-electron chi connectivity index (χ2n) is 6.98. The van der Waals surface area contributed by atoms with Gasteiger partial charge < -0.3 is 15.1 Å². The van der Waals surface area contributed by atoms with E-state index < -0.39 is 0 Å². The summed E-state index contributed by atoms with van der Waals surface area (Å²) in [7, 11) is 2.17. The number of aromatic nitrogens is 5. The molecule has 0 aromatic carbocycles. The standard InChI is InChI=1S/C19H26N8/c1-3-5-16-12-17(27-19(24-16)22-14-23-27)21-13-15-6-4-7-20-18(15)26-10-8-25(2)9-11-26/h4,6-7,12,14,21H,3,5,8-11,13H2,1-2H3. The topological polar surface area (TPSA) is 74.5 Å². The van der Waals surface area contributed by atoms with Gasteiger partial charge in [-0.3, -0.25) is 0 Å². The smallest absolute Gasteiger partial charge is 0.254 e. The van der Waals surface area contributed by atoms with Crippen LogP contribution in [0.1, 0.15) is 24.6 Å². The van der Waals surface area contributed by atoms with Crippen molar-refractivity contribution < 1.29 is 0 Å². The maximum absolute atomic E-state index is 4.66. The Balaban J connectivity index is 1.56. The molecule has 0 unspecified atom stereocenters. The van der Waals surface area contributed by atoms with E-state index >= 15 is 0 Å². The summed E-state index contributed by atoms with van der Waals surface area (Å²) in [5, 5.41) is 7.82. The van der Waals surface area contributed by atoms with Crippen molar-refractivity contribution in [2.45, 2.75) is 26.3 Å². The lowest BCUT2D eigenvalue weighted by Gasteiger charge is -2.34. The molecule has 0 bridgehead atoms. The first-order chi connectivity index (χ1) is 13.2. The highest BCUT2D eigenvalue weighted by atomic mass is 15.4. The molecule has 1 fully saturated rings. The number of nitrogens with one attached hydrogen (secondary N) is 1. The minimum atomic E-state index is 0.633. The number of hydrogen-bond acceptors (Lipinski definition) is 7. The van der Waals surface area contributed by atoms with Crippen LogP contribution >= 0.6 is 0 Å². The Kier molecular flexibility index (Phi) is 5.15. The first kappa shape index (κ1) is 17.7. The van der Waals surface area contributed by atoms with Gasteiger partial charge in [-0.2, -0.15) is 14.6 Å². The number of piperazine rings is 1. The molecule has 142 valence electrons. The molecule has 27 heavy (non-hydrogen) atoms. The fourth-order valence-corrected chi connectivity index (χ4v) is 3.43.